The Morgan fingerprint density at radius 3 is 2.25 bits per heavy atom. The predicted molar refractivity (Wildman–Crippen MR) is 111 cm³/mol. The van der Waals surface area contributed by atoms with Crippen LogP contribution in [0.15, 0.2) is 66.7 Å². The fourth-order valence-electron chi connectivity index (χ4n) is 3.94. The number of hydrogen-bond donors (Lipinski definition) is 0. The lowest BCUT2D eigenvalue weighted by molar-refractivity contribution is -0.154. The van der Waals surface area contributed by atoms with Crippen LogP contribution in [0.5, 0.6) is 0 Å². The minimum absolute atomic E-state index is 0.0679. The first-order chi connectivity index (χ1) is 13.7. The third-order valence-corrected chi connectivity index (χ3v) is 5.66. The summed E-state index contributed by atoms with van der Waals surface area (Å²) in [6, 6.07) is 22.5. The second-order valence-corrected chi connectivity index (χ2v) is 7.77. The van der Waals surface area contributed by atoms with Crippen LogP contribution in [0.4, 0.5) is 0 Å². The van der Waals surface area contributed by atoms with E-state index in [0.717, 1.165) is 48.2 Å². The van der Waals surface area contributed by atoms with Crippen LogP contribution >= 0.6 is 0 Å². The van der Waals surface area contributed by atoms with Gasteiger partial charge >= 0.3 is 5.97 Å². The maximum atomic E-state index is 12.5. The zero-order valence-corrected chi connectivity index (χ0v) is 16.3. The first kappa shape index (κ1) is 18.5. The van der Waals surface area contributed by atoms with Crippen LogP contribution in [0.25, 0.3) is 22.5 Å². The molecule has 144 valence electrons. The molecule has 1 saturated carbocycles. The molecule has 0 saturated heterocycles. The first-order valence-electron chi connectivity index (χ1n) is 10.0. The summed E-state index contributed by atoms with van der Waals surface area (Å²) in [7, 11) is 0. The Hall–Kier alpha value is -2.88. The summed E-state index contributed by atoms with van der Waals surface area (Å²) in [5, 5.41) is 4.79. The van der Waals surface area contributed by atoms with Gasteiger partial charge in [-0.15, -0.1) is 0 Å². The van der Waals surface area contributed by atoms with Gasteiger partial charge in [0.2, 0.25) is 0 Å². The first-order valence-corrected chi connectivity index (χ1v) is 10.0. The quantitative estimate of drug-likeness (QED) is 0.547. The predicted octanol–water partition coefficient (Wildman–Crippen LogP) is 5.34. The van der Waals surface area contributed by atoms with Crippen LogP contribution in [0.1, 0.15) is 32.6 Å². The van der Waals surface area contributed by atoms with Crippen molar-refractivity contribution in [3.8, 4) is 22.5 Å². The average molecular weight is 374 g/mol. The van der Waals surface area contributed by atoms with E-state index in [1.807, 2.05) is 48.0 Å². The Bertz CT molecular complexity index is 926. The molecule has 1 aliphatic carbocycles. The van der Waals surface area contributed by atoms with Crippen LogP contribution in [0, 0.1) is 5.41 Å². The lowest BCUT2D eigenvalue weighted by atomic mass is 9.89. The van der Waals surface area contributed by atoms with Gasteiger partial charge in [-0.3, -0.25) is 9.48 Å². The molecular formula is C24H26N2O2. The second kappa shape index (κ2) is 8.01. The normalized spacial score (nSPS) is 15.5. The van der Waals surface area contributed by atoms with E-state index in [-0.39, 0.29) is 11.4 Å². The summed E-state index contributed by atoms with van der Waals surface area (Å²) in [5.41, 5.74) is 3.83. The van der Waals surface area contributed by atoms with Crippen molar-refractivity contribution in [1.29, 1.82) is 0 Å². The standard InChI is InChI=1S/C24H26N2O2/c1-24(14-8-9-15-24)23(27)28-17-16-26-22(20-12-6-3-7-13-20)18-21(25-26)19-10-4-2-5-11-19/h2-7,10-13,18H,8-9,14-17H2,1H3. The smallest absolute Gasteiger partial charge is 0.311 e. The highest BCUT2D eigenvalue weighted by atomic mass is 16.5. The van der Waals surface area contributed by atoms with E-state index in [9.17, 15) is 4.79 Å². The van der Waals surface area contributed by atoms with Gasteiger partial charge < -0.3 is 4.74 Å². The van der Waals surface area contributed by atoms with E-state index in [1.54, 1.807) is 0 Å². The van der Waals surface area contributed by atoms with Gasteiger partial charge in [-0.05, 0) is 31.4 Å². The molecule has 0 spiro atoms. The van der Waals surface area contributed by atoms with Crippen molar-refractivity contribution in [2.24, 2.45) is 5.41 Å². The van der Waals surface area contributed by atoms with Crippen LogP contribution in [0.3, 0.4) is 0 Å². The zero-order chi connectivity index (χ0) is 19.4. The van der Waals surface area contributed by atoms with Crippen molar-refractivity contribution in [3.05, 3.63) is 66.7 Å². The molecule has 0 atom stereocenters. The minimum atomic E-state index is -0.304. The molecule has 0 radical (unpaired) electrons. The molecule has 1 aliphatic rings. The molecule has 2 aromatic carbocycles. The number of esters is 1. The number of rotatable bonds is 6. The highest BCUT2D eigenvalue weighted by Crippen LogP contribution is 2.38. The molecule has 1 aromatic heterocycles. The highest BCUT2D eigenvalue weighted by molar-refractivity contribution is 5.76. The van der Waals surface area contributed by atoms with E-state index in [2.05, 4.69) is 30.3 Å². The summed E-state index contributed by atoms with van der Waals surface area (Å²) in [6.45, 7) is 2.90. The van der Waals surface area contributed by atoms with Crippen molar-refractivity contribution in [2.45, 2.75) is 39.2 Å². The Morgan fingerprint density at radius 1 is 1.00 bits per heavy atom. The average Bonchev–Trinajstić information content (AvgIpc) is 3.37. The lowest BCUT2D eigenvalue weighted by Crippen LogP contribution is -2.28. The topological polar surface area (TPSA) is 44.1 Å². The van der Waals surface area contributed by atoms with Crippen LogP contribution in [-0.4, -0.2) is 22.4 Å². The molecule has 4 rings (SSSR count). The van der Waals surface area contributed by atoms with Crippen LogP contribution in [0.2, 0.25) is 0 Å². The molecule has 0 aliphatic heterocycles. The van der Waals surface area contributed by atoms with Gasteiger partial charge in [0.05, 0.1) is 23.3 Å². The van der Waals surface area contributed by atoms with Gasteiger partial charge in [-0.2, -0.15) is 5.10 Å². The fourth-order valence-corrected chi connectivity index (χ4v) is 3.94. The Labute approximate surface area is 166 Å². The summed E-state index contributed by atoms with van der Waals surface area (Å²) in [4.78, 5) is 12.5. The van der Waals surface area contributed by atoms with Gasteiger partial charge in [0, 0.05) is 5.56 Å². The van der Waals surface area contributed by atoms with Crippen molar-refractivity contribution in [2.75, 3.05) is 6.61 Å². The van der Waals surface area contributed by atoms with Crippen molar-refractivity contribution in [3.63, 3.8) is 0 Å². The maximum absolute atomic E-state index is 12.5. The van der Waals surface area contributed by atoms with Crippen molar-refractivity contribution >= 4 is 5.97 Å². The van der Waals surface area contributed by atoms with Gasteiger partial charge in [-0.25, -0.2) is 0 Å². The molecule has 4 nitrogen and oxygen atoms in total. The molecule has 0 N–H and O–H groups in total. The fraction of sp³-hybridized carbons (Fsp3) is 0.333. The Balaban J connectivity index is 1.53. The summed E-state index contributed by atoms with van der Waals surface area (Å²) in [5.74, 6) is -0.0679. The summed E-state index contributed by atoms with van der Waals surface area (Å²) < 4.78 is 7.59. The molecule has 4 heteroatoms. The van der Waals surface area contributed by atoms with E-state index in [1.165, 1.54) is 0 Å². The Kier molecular flexibility index (Phi) is 5.29. The lowest BCUT2D eigenvalue weighted by Gasteiger charge is -2.21. The molecule has 0 amide bonds. The number of aromatic nitrogens is 2. The van der Waals surface area contributed by atoms with E-state index < -0.39 is 0 Å². The molecular weight excluding hydrogens is 348 g/mol. The third-order valence-electron chi connectivity index (χ3n) is 5.66. The maximum Gasteiger partial charge on any atom is 0.311 e. The number of ether oxygens (including phenoxy) is 1. The molecule has 3 aromatic rings. The van der Waals surface area contributed by atoms with E-state index >= 15 is 0 Å². The van der Waals surface area contributed by atoms with Crippen LogP contribution in [-0.2, 0) is 16.1 Å². The zero-order valence-electron chi connectivity index (χ0n) is 16.3. The number of hydrogen-bond acceptors (Lipinski definition) is 3. The van der Waals surface area contributed by atoms with Crippen molar-refractivity contribution in [1.82, 2.24) is 9.78 Å². The third kappa shape index (κ3) is 3.86. The van der Waals surface area contributed by atoms with E-state index in [0.29, 0.717) is 13.2 Å². The second-order valence-electron chi connectivity index (χ2n) is 7.77. The Morgan fingerprint density at radius 2 is 1.61 bits per heavy atom. The SMILES string of the molecule is CC1(C(=O)OCCn2nc(-c3ccccc3)cc2-c2ccccc2)CCCC1. The number of nitrogens with zero attached hydrogens (tertiary/aromatic N) is 2. The summed E-state index contributed by atoms with van der Waals surface area (Å²) >= 11 is 0. The largest absolute Gasteiger partial charge is 0.463 e. The van der Waals surface area contributed by atoms with Gasteiger partial charge in [0.1, 0.15) is 6.61 Å². The molecule has 28 heavy (non-hydrogen) atoms. The molecule has 0 unspecified atom stereocenters. The monoisotopic (exact) mass is 374 g/mol. The minimum Gasteiger partial charge on any atom is -0.463 e. The van der Waals surface area contributed by atoms with E-state index in [4.69, 9.17) is 9.84 Å². The molecule has 1 heterocycles. The highest BCUT2D eigenvalue weighted by Gasteiger charge is 2.37. The number of carbonyl (C=O) groups is 1. The van der Waals surface area contributed by atoms with Gasteiger partial charge in [0.15, 0.2) is 0 Å². The van der Waals surface area contributed by atoms with Crippen LogP contribution < -0.4 is 0 Å². The van der Waals surface area contributed by atoms with Gasteiger partial charge in [-0.1, -0.05) is 73.5 Å². The molecule has 1 fully saturated rings. The summed E-state index contributed by atoms with van der Waals surface area (Å²) in [6.07, 6.45) is 4.09. The van der Waals surface area contributed by atoms with Gasteiger partial charge in [0.25, 0.3) is 0 Å². The number of carbonyl (C=O) groups excluding carboxylic acids is 1. The van der Waals surface area contributed by atoms with Crippen molar-refractivity contribution < 1.29 is 9.53 Å². The number of benzene rings is 2. The molecule has 0 bridgehead atoms.